The highest BCUT2D eigenvalue weighted by molar-refractivity contribution is 5.76. The van der Waals surface area contributed by atoms with E-state index in [-0.39, 0.29) is 5.95 Å². The molecule has 0 spiro atoms. The van der Waals surface area contributed by atoms with Crippen LogP contribution in [0.2, 0.25) is 0 Å². The molecule has 0 bridgehead atoms. The standard InChI is InChI=1S/C9H9N5O/c10-9-11-4-3-8(13-9)14-12-6-7-2-1-5-15-7/h1-6H,(H3,10,11,13,14)/b12-6+. The molecule has 0 saturated carbocycles. The van der Waals surface area contributed by atoms with Gasteiger partial charge in [-0.1, -0.05) is 0 Å². The van der Waals surface area contributed by atoms with Crippen LogP contribution in [0.5, 0.6) is 0 Å². The Bertz CT molecular complexity index is 451. The summed E-state index contributed by atoms with van der Waals surface area (Å²) in [5.74, 6) is 1.39. The van der Waals surface area contributed by atoms with Crippen molar-refractivity contribution in [1.29, 1.82) is 0 Å². The molecule has 0 saturated heterocycles. The molecule has 0 aromatic carbocycles. The predicted octanol–water partition coefficient (Wildman–Crippen LogP) is 1.10. The molecule has 0 aliphatic rings. The van der Waals surface area contributed by atoms with Gasteiger partial charge in [0.25, 0.3) is 0 Å². The Morgan fingerprint density at radius 2 is 2.40 bits per heavy atom. The van der Waals surface area contributed by atoms with E-state index in [1.54, 1.807) is 30.7 Å². The first-order chi connectivity index (χ1) is 7.34. The van der Waals surface area contributed by atoms with E-state index < -0.39 is 0 Å². The number of hydrazone groups is 1. The van der Waals surface area contributed by atoms with Crippen molar-refractivity contribution in [2.24, 2.45) is 5.10 Å². The Kier molecular flexibility index (Phi) is 2.59. The molecule has 76 valence electrons. The van der Waals surface area contributed by atoms with E-state index in [2.05, 4.69) is 20.5 Å². The van der Waals surface area contributed by atoms with Crippen molar-refractivity contribution in [2.75, 3.05) is 11.2 Å². The number of nitrogens with one attached hydrogen (secondary N) is 1. The molecular formula is C9H9N5O. The van der Waals surface area contributed by atoms with Gasteiger partial charge in [-0.2, -0.15) is 10.1 Å². The Morgan fingerprint density at radius 3 is 3.13 bits per heavy atom. The summed E-state index contributed by atoms with van der Waals surface area (Å²) < 4.78 is 5.05. The smallest absolute Gasteiger partial charge is 0.221 e. The van der Waals surface area contributed by atoms with E-state index in [0.29, 0.717) is 11.6 Å². The maximum atomic E-state index is 5.39. The number of nitrogen functional groups attached to an aromatic ring is 1. The molecular weight excluding hydrogens is 194 g/mol. The molecule has 0 amide bonds. The summed E-state index contributed by atoms with van der Waals surface area (Å²) in [5.41, 5.74) is 8.09. The van der Waals surface area contributed by atoms with Crippen molar-refractivity contribution < 1.29 is 4.42 Å². The zero-order valence-corrected chi connectivity index (χ0v) is 7.79. The van der Waals surface area contributed by atoms with Crippen molar-refractivity contribution >= 4 is 18.0 Å². The van der Waals surface area contributed by atoms with Gasteiger partial charge < -0.3 is 10.2 Å². The summed E-state index contributed by atoms with van der Waals surface area (Å²) in [4.78, 5) is 7.66. The SMILES string of the molecule is Nc1nccc(N/N=C/c2ccco2)n1. The molecule has 2 aromatic rings. The molecule has 0 unspecified atom stereocenters. The highest BCUT2D eigenvalue weighted by Gasteiger charge is 1.92. The van der Waals surface area contributed by atoms with Gasteiger partial charge in [-0.3, -0.25) is 5.43 Å². The monoisotopic (exact) mass is 203 g/mol. The van der Waals surface area contributed by atoms with Gasteiger partial charge in [-0.15, -0.1) is 0 Å². The number of hydrogen-bond donors (Lipinski definition) is 2. The quantitative estimate of drug-likeness (QED) is 0.575. The second-order valence-electron chi connectivity index (χ2n) is 2.69. The lowest BCUT2D eigenvalue weighted by Crippen LogP contribution is -1.98. The minimum Gasteiger partial charge on any atom is -0.463 e. The minimum atomic E-state index is 0.202. The lowest BCUT2D eigenvalue weighted by molar-refractivity contribution is 0.560. The van der Waals surface area contributed by atoms with Gasteiger partial charge in [0.05, 0.1) is 12.5 Å². The van der Waals surface area contributed by atoms with Crippen LogP contribution in [0.3, 0.4) is 0 Å². The summed E-state index contributed by atoms with van der Waals surface area (Å²) in [6.45, 7) is 0. The fourth-order valence-corrected chi connectivity index (χ4v) is 0.963. The van der Waals surface area contributed by atoms with Crippen LogP contribution < -0.4 is 11.2 Å². The maximum Gasteiger partial charge on any atom is 0.221 e. The molecule has 0 fully saturated rings. The lowest BCUT2D eigenvalue weighted by Gasteiger charge is -1.97. The van der Waals surface area contributed by atoms with Gasteiger partial charge >= 0.3 is 0 Å². The van der Waals surface area contributed by atoms with E-state index in [1.807, 2.05) is 0 Å². The number of aromatic nitrogens is 2. The summed E-state index contributed by atoms with van der Waals surface area (Å²) in [6.07, 6.45) is 4.66. The van der Waals surface area contributed by atoms with Crippen molar-refractivity contribution in [2.45, 2.75) is 0 Å². The molecule has 3 N–H and O–H groups in total. The lowest BCUT2D eigenvalue weighted by atomic mass is 10.5. The summed E-state index contributed by atoms with van der Waals surface area (Å²) in [6, 6.07) is 5.24. The molecule has 6 nitrogen and oxygen atoms in total. The van der Waals surface area contributed by atoms with Crippen LogP contribution in [-0.4, -0.2) is 16.2 Å². The first-order valence-electron chi connectivity index (χ1n) is 4.26. The van der Waals surface area contributed by atoms with E-state index >= 15 is 0 Å². The summed E-state index contributed by atoms with van der Waals surface area (Å²) in [5, 5.41) is 3.91. The molecule has 6 heteroatoms. The number of nitrogens with zero attached hydrogens (tertiary/aromatic N) is 3. The topological polar surface area (TPSA) is 89.3 Å². The van der Waals surface area contributed by atoms with Crippen LogP contribution in [0, 0.1) is 0 Å². The Labute approximate surface area is 85.8 Å². The fraction of sp³-hybridized carbons (Fsp3) is 0. The fourth-order valence-electron chi connectivity index (χ4n) is 0.963. The second-order valence-corrected chi connectivity index (χ2v) is 2.69. The third-order valence-corrected chi connectivity index (χ3v) is 1.59. The van der Waals surface area contributed by atoms with Gasteiger partial charge in [-0.25, -0.2) is 4.98 Å². The van der Waals surface area contributed by atoms with E-state index in [4.69, 9.17) is 10.2 Å². The number of rotatable bonds is 3. The van der Waals surface area contributed by atoms with E-state index in [0.717, 1.165) is 0 Å². The van der Waals surface area contributed by atoms with E-state index in [1.165, 1.54) is 6.21 Å². The first-order valence-corrected chi connectivity index (χ1v) is 4.26. The van der Waals surface area contributed by atoms with Crippen LogP contribution in [0.15, 0.2) is 40.2 Å². The zero-order valence-electron chi connectivity index (χ0n) is 7.79. The first kappa shape index (κ1) is 9.20. The summed E-state index contributed by atoms with van der Waals surface area (Å²) >= 11 is 0. The van der Waals surface area contributed by atoms with Crippen LogP contribution in [0.1, 0.15) is 5.76 Å². The Balaban J connectivity index is 1.99. The molecule has 0 aliphatic heterocycles. The van der Waals surface area contributed by atoms with Gasteiger partial charge in [0.15, 0.2) is 5.82 Å². The molecule has 2 heterocycles. The van der Waals surface area contributed by atoms with Gasteiger partial charge in [0, 0.05) is 12.3 Å². The predicted molar refractivity (Wildman–Crippen MR) is 56.4 cm³/mol. The molecule has 0 atom stereocenters. The molecule has 2 aromatic heterocycles. The molecule has 0 radical (unpaired) electrons. The highest BCUT2D eigenvalue weighted by atomic mass is 16.3. The van der Waals surface area contributed by atoms with Crippen LogP contribution in [0.25, 0.3) is 0 Å². The normalized spacial score (nSPS) is 10.7. The third kappa shape index (κ3) is 2.53. The van der Waals surface area contributed by atoms with Crippen molar-refractivity contribution in [1.82, 2.24) is 9.97 Å². The van der Waals surface area contributed by atoms with Crippen molar-refractivity contribution in [3.05, 3.63) is 36.4 Å². The van der Waals surface area contributed by atoms with Crippen molar-refractivity contribution in [3.63, 3.8) is 0 Å². The average Bonchev–Trinajstić information content (AvgIpc) is 2.71. The highest BCUT2D eigenvalue weighted by Crippen LogP contribution is 2.02. The molecule has 2 rings (SSSR count). The number of anilines is 2. The molecule has 0 aliphatic carbocycles. The second kappa shape index (κ2) is 4.23. The van der Waals surface area contributed by atoms with Gasteiger partial charge in [-0.05, 0) is 12.1 Å². The molecule has 15 heavy (non-hydrogen) atoms. The summed E-state index contributed by atoms with van der Waals surface area (Å²) in [7, 11) is 0. The zero-order chi connectivity index (χ0) is 10.5. The average molecular weight is 203 g/mol. The van der Waals surface area contributed by atoms with Gasteiger partial charge in [0.1, 0.15) is 5.76 Å². The number of hydrogen-bond acceptors (Lipinski definition) is 6. The number of furan rings is 1. The van der Waals surface area contributed by atoms with Crippen molar-refractivity contribution in [3.8, 4) is 0 Å². The Hall–Kier alpha value is -2.37. The van der Waals surface area contributed by atoms with Crippen LogP contribution in [-0.2, 0) is 0 Å². The Morgan fingerprint density at radius 1 is 1.47 bits per heavy atom. The van der Waals surface area contributed by atoms with Crippen LogP contribution in [0.4, 0.5) is 11.8 Å². The number of nitrogens with two attached hydrogens (primary N) is 1. The van der Waals surface area contributed by atoms with E-state index in [9.17, 15) is 0 Å². The largest absolute Gasteiger partial charge is 0.463 e. The van der Waals surface area contributed by atoms with Crippen LogP contribution >= 0.6 is 0 Å². The maximum absolute atomic E-state index is 5.39. The third-order valence-electron chi connectivity index (χ3n) is 1.59. The van der Waals surface area contributed by atoms with Gasteiger partial charge in [0.2, 0.25) is 5.95 Å². The minimum absolute atomic E-state index is 0.202.